The number of carbonyl (C=O) groups is 2. The lowest BCUT2D eigenvalue weighted by Crippen LogP contribution is -2.43. The Morgan fingerprint density at radius 2 is 1.91 bits per heavy atom. The first-order valence-corrected chi connectivity index (χ1v) is 13.8. The van der Waals surface area contributed by atoms with Crippen LogP contribution in [-0.2, 0) is 32.5 Å². The molecule has 7 nitrogen and oxygen atoms in total. The fourth-order valence-corrected chi connectivity index (χ4v) is 7.10. The van der Waals surface area contributed by atoms with Gasteiger partial charge in [0.15, 0.2) is 0 Å². The van der Waals surface area contributed by atoms with Crippen LogP contribution in [0.3, 0.4) is 0 Å². The molecule has 0 aliphatic carbocycles. The van der Waals surface area contributed by atoms with Crippen LogP contribution >= 0.6 is 11.3 Å². The highest BCUT2D eigenvalue weighted by molar-refractivity contribution is 7.89. The highest BCUT2D eigenvalue weighted by atomic mass is 32.2. The van der Waals surface area contributed by atoms with Crippen LogP contribution in [0.15, 0.2) is 34.5 Å². The maximum absolute atomic E-state index is 13.2. The van der Waals surface area contributed by atoms with Gasteiger partial charge in [-0.15, -0.1) is 11.3 Å². The molecule has 33 heavy (non-hydrogen) atoms. The van der Waals surface area contributed by atoms with E-state index in [1.54, 1.807) is 34.4 Å². The molecule has 1 aromatic heterocycles. The summed E-state index contributed by atoms with van der Waals surface area (Å²) in [5.41, 5.74) is 2.96. The quantitative estimate of drug-likeness (QED) is 0.676. The number of hydrogen-bond donors (Lipinski definition) is 1. The number of nitrogens with one attached hydrogen (secondary N) is 1. The van der Waals surface area contributed by atoms with Gasteiger partial charge in [-0.25, -0.2) is 8.42 Å². The van der Waals surface area contributed by atoms with E-state index in [0.29, 0.717) is 39.0 Å². The molecule has 2 amide bonds. The monoisotopic (exact) mass is 489 g/mol. The molecule has 3 heterocycles. The summed E-state index contributed by atoms with van der Waals surface area (Å²) < 4.78 is 28.0. The molecule has 0 bridgehead atoms. The number of hydrogen-bond acceptors (Lipinski definition) is 5. The lowest BCUT2D eigenvalue weighted by Gasteiger charge is -2.32. The minimum absolute atomic E-state index is 0.0133. The second-order valence-corrected chi connectivity index (χ2v) is 11.7. The van der Waals surface area contributed by atoms with Crippen molar-refractivity contribution in [2.24, 2.45) is 5.92 Å². The van der Waals surface area contributed by atoms with Crippen LogP contribution in [0.5, 0.6) is 0 Å². The number of carbonyl (C=O) groups excluding carboxylic acids is 2. The van der Waals surface area contributed by atoms with E-state index in [9.17, 15) is 18.0 Å². The van der Waals surface area contributed by atoms with Crippen molar-refractivity contribution in [1.29, 1.82) is 0 Å². The van der Waals surface area contributed by atoms with Crippen LogP contribution in [0.25, 0.3) is 0 Å². The Hall–Kier alpha value is -2.23. The summed E-state index contributed by atoms with van der Waals surface area (Å²) in [5.74, 6) is -0.176. The summed E-state index contributed by atoms with van der Waals surface area (Å²) in [5, 5.41) is 5.08. The van der Waals surface area contributed by atoms with E-state index >= 15 is 0 Å². The Kier molecular flexibility index (Phi) is 7.21. The zero-order chi connectivity index (χ0) is 23.6. The number of anilines is 1. The van der Waals surface area contributed by atoms with Gasteiger partial charge in [0.05, 0.1) is 4.90 Å². The van der Waals surface area contributed by atoms with Crippen molar-refractivity contribution in [2.45, 2.75) is 50.8 Å². The van der Waals surface area contributed by atoms with Gasteiger partial charge in [0.1, 0.15) is 0 Å². The molecule has 9 heteroatoms. The van der Waals surface area contributed by atoms with Crippen LogP contribution in [0.4, 0.5) is 5.69 Å². The van der Waals surface area contributed by atoms with E-state index in [0.717, 1.165) is 30.5 Å². The summed E-state index contributed by atoms with van der Waals surface area (Å²) >= 11 is 1.70. The zero-order valence-electron chi connectivity index (χ0n) is 19.2. The summed E-state index contributed by atoms with van der Waals surface area (Å²) in [6.07, 6.45) is 3.44. The topological polar surface area (TPSA) is 86.8 Å². The number of thiophene rings is 1. The molecule has 0 radical (unpaired) electrons. The van der Waals surface area contributed by atoms with Crippen molar-refractivity contribution in [1.82, 2.24) is 9.62 Å². The molecule has 0 unspecified atom stereocenters. The second-order valence-electron chi connectivity index (χ2n) is 8.81. The average molecular weight is 490 g/mol. The van der Waals surface area contributed by atoms with Gasteiger partial charge in [0.25, 0.3) is 0 Å². The van der Waals surface area contributed by atoms with E-state index in [2.05, 4.69) is 23.7 Å². The summed E-state index contributed by atoms with van der Waals surface area (Å²) in [6, 6.07) is 7.14. The first kappa shape index (κ1) is 23.9. The van der Waals surface area contributed by atoms with E-state index in [4.69, 9.17) is 0 Å². The number of amides is 2. The van der Waals surface area contributed by atoms with Crippen LogP contribution in [-0.4, -0.2) is 50.7 Å². The number of aryl methyl sites for hydroxylation is 2. The van der Waals surface area contributed by atoms with Gasteiger partial charge in [-0.05, 0) is 79.8 Å². The minimum atomic E-state index is -3.63. The summed E-state index contributed by atoms with van der Waals surface area (Å²) in [7, 11) is -3.63. The molecule has 0 atom stereocenters. The van der Waals surface area contributed by atoms with Gasteiger partial charge in [-0.1, -0.05) is 0 Å². The van der Waals surface area contributed by atoms with Crippen LogP contribution < -0.4 is 10.2 Å². The molecule has 0 saturated carbocycles. The minimum Gasteiger partial charge on any atom is -0.355 e. The van der Waals surface area contributed by atoms with Crippen molar-refractivity contribution < 1.29 is 18.0 Å². The normalized spacial score (nSPS) is 17.6. The van der Waals surface area contributed by atoms with E-state index in [-0.39, 0.29) is 22.6 Å². The van der Waals surface area contributed by atoms with Crippen LogP contribution in [0.2, 0.25) is 0 Å². The predicted octanol–water partition coefficient (Wildman–Crippen LogP) is 3.12. The van der Waals surface area contributed by atoms with Crippen LogP contribution in [0.1, 0.15) is 42.2 Å². The third kappa shape index (κ3) is 5.15. The number of benzene rings is 1. The van der Waals surface area contributed by atoms with Gasteiger partial charge in [0, 0.05) is 49.6 Å². The Morgan fingerprint density at radius 3 is 2.58 bits per heavy atom. The Bertz CT molecular complexity index is 1130. The standard InChI is InChI=1S/C24H31N3O4S2/c1-17-10-15-32-23(17)7-11-25-24(29)19-8-13-26(14-9-19)33(30,31)21-5-6-22-20(16-21)4-3-12-27(22)18(2)28/h5-6,10,15-16,19H,3-4,7-9,11-14H2,1-2H3,(H,25,29). The Morgan fingerprint density at radius 1 is 1.15 bits per heavy atom. The fourth-order valence-electron chi connectivity index (χ4n) is 4.67. The van der Waals surface area contributed by atoms with Gasteiger partial charge in [-0.2, -0.15) is 4.31 Å². The molecule has 0 spiro atoms. The number of nitrogens with zero attached hydrogens (tertiary/aromatic N) is 2. The lowest BCUT2D eigenvalue weighted by atomic mass is 9.97. The van der Waals surface area contributed by atoms with Crippen molar-refractivity contribution in [2.75, 3.05) is 31.1 Å². The van der Waals surface area contributed by atoms with Crippen LogP contribution in [0, 0.1) is 12.8 Å². The molecular formula is C24H31N3O4S2. The van der Waals surface area contributed by atoms with Crippen molar-refractivity contribution in [3.63, 3.8) is 0 Å². The first-order valence-electron chi connectivity index (χ1n) is 11.5. The van der Waals surface area contributed by atoms with E-state index < -0.39 is 10.0 Å². The number of sulfonamides is 1. The highest BCUT2D eigenvalue weighted by Gasteiger charge is 2.33. The van der Waals surface area contributed by atoms with Crippen molar-refractivity contribution in [3.05, 3.63) is 45.6 Å². The van der Waals surface area contributed by atoms with Gasteiger partial charge < -0.3 is 10.2 Å². The molecule has 2 aromatic rings. The molecule has 178 valence electrons. The number of fused-ring (bicyclic) bond motifs is 1. The molecule has 1 saturated heterocycles. The second kappa shape index (κ2) is 9.95. The lowest BCUT2D eigenvalue weighted by molar-refractivity contribution is -0.126. The zero-order valence-corrected chi connectivity index (χ0v) is 20.8. The maximum Gasteiger partial charge on any atom is 0.243 e. The fraction of sp³-hybridized carbons (Fsp3) is 0.500. The number of rotatable bonds is 6. The molecule has 1 aromatic carbocycles. The summed E-state index contributed by atoms with van der Waals surface area (Å²) in [4.78, 5) is 27.7. The molecule has 4 rings (SSSR count). The largest absolute Gasteiger partial charge is 0.355 e. The maximum atomic E-state index is 13.2. The molecular weight excluding hydrogens is 458 g/mol. The SMILES string of the molecule is CC(=O)N1CCCc2cc(S(=O)(=O)N3CCC(C(=O)NCCc4sccc4C)CC3)ccc21. The molecule has 1 N–H and O–H groups in total. The van der Waals surface area contributed by atoms with Crippen molar-refractivity contribution in [3.8, 4) is 0 Å². The van der Waals surface area contributed by atoms with Gasteiger partial charge >= 0.3 is 0 Å². The van der Waals surface area contributed by atoms with Gasteiger partial charge in [-0.3, -0.25) is 9.59 Å². The third-order valence-electron chi connectivity index (χ3n) is 6.63. The highest BCUT2D eigenvalue weighted by Crippen LogP contribution is 2.31. The van der Waals surface area contributed by atoms with E-state index in [1.165, 1.54) is 21.7 Å². The summed E-state index contributed by atoms with van der Waals surface area (Å²) in [6.45, 7) is 5.54. The average Bonchev–Trinajstić information content (AvgIpc) is 3.22. The Labute approximate surface area is 199 Å². The predicted molar refractivity (Wildman–Crippen MR) is 130 cm³/mol. The van der Waals surface area contributed by atoms with Gasteiger partial charge in [0.2, 0.25) is 21.8 Å². The molecule has 1 fully saturated rings. The van der Waals surface area contributed by atoms with Crippen molar-refractivity contribution >= 4 is 38.9 Å². The smallest absolute Gasteiger partial charge is 0.243 e. The van der Waals surface area contributed by atoms with E-state index in [1.807, 2.05) is 0 Å². The molecule has 2 aliphatic rings. The third-order valence-corrected chi connectivity index (χ3v) is 9.61. The Balaban J connectivity index is 1.34. The number of piperidine rings is 1. The molecule has 2 aliphatic heterocycles. The first-order chi connectivity index (χ1) is 15.8.